The maximum atomic E-state index is 12.7. The van der Waals surface area contributed by atoms with Gasteiger partial charge in [-0.15, -0.1) is 0 Å². The fourth-order valence-corrected chi connectivity index (χ4v) is 3.10. The smallest absolute Gasteiger partial charge is 0.311 e. The standard InChI is InChI=1S/C16H23NO4/c1-3-5-12-6-4-7-17(9-12)16(20)15-11(2)10-21-13(15)8-14(18)19/h10,12H,3-9H2,1-2H3,(H,18,19). The van der Waals surface area contributed by atoms with Crippen molar-refractivity contribution in [1.29, 1.82) is 0 Å². The van der Waals surface area contributed by atoms with Gasteiger partial charge in [0, 0.05) is 18.7 Å². The number of furan rings is 1. The van der Waals surface area contributed by atoms with Crippen molar-refractivity contribution in [2.75, 3.05) is 13.1 Å². The highest BCUT2D eigenvalue weighted by Gasteiger charge is 2.28. The van der Waals surface area contributed by atoms with E-state index < -0.39 is 5.97 Å². The molecule has 1 unspecified atom stereocenters. The highest BCUT2D eigenvalue weighted by molar-refractivity contribution is 5.97. The molecule has 116 valence electrons. The first-order valence-electron chi connectivity index (χ1n) is 7.61. The highest BCUT2D eigenvalue weighted by Crippen LogP contribution is 2.25. The first-order chi connectivity index (χ1) is 10.0. The average molecular weight is 293 g/mol. The number of nitrogens with zero attached hydrogens (tertiary/aromatic N) is 1. The SMILES string of the molecule is CCCC1CCCN(C(=O)c2c(C)coc2CC(=O)O)C1. The molecule has 0 aliphatic carbocycles. The predicted octanol–water partition coefficient (Wildman–Crippen LogP) is 2.87. The van der Waals surface area contributed by atoms with E-state index in [4.69, 9.17) is 9.52 Å². The van der Waals surface area contributed by atoms with Crippen LogP contribution < -0.4 is 0 Å². The zero-order chi connectivity index (χ0) is 15.4. The van der Waals surface area contributed by atoms with Gasteiger partial charge in [-0.05, 0) is 32.1 Å². The molecule has 2 rings (SSSR count). The van der Waals surface area contributed by atoms with Gasteiger partial charge in [-0.1, -0.05) is 13.3 Å². The fourth-order valence-electron chi connectivity index (χ4n) is 3.10. The molecule has 0 aromatic carbocycles. The summed E-state index contributed by atoms with van der Waals surface area (Å²) >= 11 is 0. The average Bonchev–Trinajstić information content (AvgIpc) is 2.79. The Labute approximate surface area is 124 Å². The Hall–Kier alpha value is -1.78. The molecule has 1 amide bonds. The molecule has 1 aromatic heterocycles. The van der Waals surface area contributed by atoms with Crippen molar-refractivity contribution in [3.8, 4) is 0 Å². The van der Waals surface area contributed by atoms with E-state index in [0.29, 0.717) is 17.0 Å². The molecule has 2 heterocycles. The van der Waals surface area contributed by atoms with Gasteiger partial charge < -0.3 is 14.4 Å². The summed E-state index contributed by atoms with van der Waals surface area (Å²) in [5, 5.41) is 8.92. The molecule has 5 nitrogen and oxygen atoms in total. The third-order valence-corrected chi connectivity index (χ3v) is 4.08. The quantitative estimate of drug-likeness (QED) is 0.906. The molecule has 1 atom stereocenters. The van der Waals surface area contributed by atoms with Crippen molar-refractivity contribution >= 4 is 11.9 Å². The number of piperidine rings is 1. The third-order valence-electron chi connectivity index (χ3n) is 4.08. The van der Waals surface area contributed by atoms with Crippen LogP contribution in [0.15, 0.2) is 10.7 Å². The Balaban J connectivity index is 2.15. The lowest BCUT2D eigenvalue weighted by molar-refractivity contribution is -0.136. The van der Waals surface area contributed by atoms with Crippen molar-refractivity contribution in [2.45, 2.75) is 46.0 Å². The van der Waals surface area contributed by atoms with Crippen LogP contribution in [-0.4, -0.2) is 35.0 Å². The van der Waals surface area contributed by atoms with E-state index >= 15 is 0 Å². The van der Waals surface area contributed by atoms with Gasteiger partial charge in [0.05, 0.1) is 11.8 Å². The predicted molar refractivity (Wildman–Crippen MR) is 78.3 cm³/mol. The molecule has 5 heteroatoms. The van der Waals surface area contributed by atoms with E-state index in [9.17, 15) is 9.59 Å². The molecule has 1 saturated heterocycles. The van der Waals surface area contributed by atoms with Crippen molar-refractivity contribution in [1.82, 2.24) is 4.90 Å². The Kier molecular flexibility index (Phi) is 5.04. The van der Waals surface area contributed by atoms with Crippen LogP contribution in [0.1, 0.15) is 54.3 Å². The summed E-state index contributed by atoms with van der Waals surface area (Å²) in [5.74, 6) is -0.246. The minimum absolute atomic E-state index is 0.0849. The summed E-state index contributed by atoms with van der Waals surface area (Å²) in [4.78, 5) is 25.4. The number of carbonyl (C=O) groups is 2. The first kappa shape index (κ1) is 15.6. The van der Waals surface area contributed by atoms with E-state index in [1.54, 1.807) is 6.92 Å². The number of aryl methyl sites for hydroxylation is 1. The van der Waals surface area contributed by atoms with Crippen LogP contribution in [0.3, 0.4) is 0 Å². The summed E-state index contributed by atoms with van der Waals surface area (Å²) in [7, 11) is 0. The molecule has 21 heavy (non-hydrogen) atoms. The van der Waals surface area contributed by atoms with E-state index in [0.717, 1.165) is 32.4 Å². The number of hydrogen-bond acceptors (Lipinski definition) is 3. The zero-order valence-electron chi connectivity index (χ0n) is 12.7. The number of hydrogen-bond donors (Lipinski definition) is 1. The van der Waals surface area contributed by atoms with Crippen LogP contribution in [0.2, 0.25) is 0 Å². The Morgan fingerprint density at radius 1 is 1.48 bits per heavy atom. The van der Waals surface area contributed by atoms with Gasteiger partial charge in [0.15, 0.2) is 0 Å². The largest absolute Gasteiger partial charge is 0.481 e. The Morgan fingerprint density at radius 2 is 2.24 bits per heavy atom. The van der Waals surface area contributed by atoms with Gasteiger partial charge in [-0.3, -0.25) is 9.59 Å². The second-order valence-corrected chi connectivity index (χ2v) is 5.84. The Bertz CT molecular complexity index is 518. The molecule has 0 bridgehead atoms. The molecule has 1 N–H and O–H groups in total. The van der Waals surface area contributed by atoms with Crippen LogP contribution in [0.5, 0.6) is 0 Å². The first-order valence-corrected chi connectivity index (χ1v) is 7.61. The number of carboxylic acid groups (broad SMARTS) is 1. The number of likely N-dealkylation sites (tertiary alicyclic amines) is 1. The fraction of sp³-hybridized carbons (Fsp3) is 0.625. The summed E-state index contributed by atoms with van der Waals surface area (Å²) in [6.07, 6.45) is 5.67. The van der Waals surface area contributed by atoms with Crippen LogP contribution in [0.4, 0.5) is 0 Å². The van der Waals surface area contributed by atoms with Gasteiger partial charge in [0.25, 0.3) is 5.91 Å². The van der Waals surface area contributed by atoms with E-state index in [1.807, 2.05) is 4.90 Å². The minimum Gasteiger partial charge on any atom is -0.481 e. The molecule has 0 spiro atoms. The molecule has 0 saturated carbocycles. The number of amides is 1. The normalized spacial score (nSPS) is 18.8. The van der Waals surface area contributed by atoms with Gasteiger partial charge in [-0.25, -0.2) is 0 Å². The summed E-state index contributed by atoms with van der Waals surface area (Å²) < 4.78 is 5.26. The monoisotopic (exact) mass is 293 g/mol. The molecule has 1 aliphatic rings. The Morgan fingerprint density at radius 3 is 2.90 bits per heavy atom. The molecular formula is C16H23NO4. The minimum atomic E-state index is -0.985. The van der Waals surface area contributed by atoms with Gasteiger partial charge >= 0.3 is 5.97 Å². The lowest BCUT2D eigenvalue weighted by Crippen LogP contribution is -2.40. The number of rotatable bonds is 5. The van der Waals surface area contributed by atoms with Gasteiger partial charge in [0.2, 0.25) is 0 Å². The summed E-state index contributed by atoms with van der Waals surface area (Å²) in [5.41, 5.74) is 1.16. The molecular weight excluding hydrogens is 270 g/mol. The molecule has 1 fully saturated rings. The molecule has 0 radical (unpaired) electrons. The lowest BCUT2D eigenvalue weighted by atomic mass is 9.93. The van der Waals surface area contributed by atoms with E-state index in [1.165, 1.54) is 12.7 Å². The van der Waals surface area contributed by atoms with Crippen LogP contribution in [-0.2, 0) is 11.2 Å². The maximum absolute atomic E-state index is 12.7. The summed E-state index contributed by atoms with van der Waals surface area (Å²) in [6, 6.07) is 0. The second-order valence-electron chi connectivity index (χ2n) is 5.84. The summed E-state index contributed by atoms with van der Waals surface area (Å²) in [6.45, 7) is 5.46. The number of carboxylic acids is 1. The zero-order valence-corrected chi connectivity index (χ0v) is 12.7. The second kappa shape index (κ2) is 6.78. The van der Waals surface area contributed by atoms with Crippen LogP contribution >= 0.6 is 0 Å². The molecule has 1 aliphatic heterocycles. The van der Waals surface area contributed by atoms with Crippen LogP contribution in [0, 0.1) is 12.8 Å². The maximum Gasteiger partial charge on any atom is 0.311 e. The van der Waals surface area contributed by atoms with Crippen molar-refractivity contribution < 1.29 is 19.1 Å². The topological polar surface area (TPSA) is 70.8 Å². The number of carbonyl (C=O) groups excluding carboxylic acids is 1. The molecule has 1 aromatic rings. The number of aliphatic carboxylic acids is 1. The van der Waals surface area contributed by atoms with Crippen molar-refractivity contribution in [3.05, 3.63) is 23.2 Å². The van der Waals surface area contributed by atoms with Crippen molar-refractivity contribution in [2.24, 2.45) is 5.92 Å². The van der Waals surface area contributed by atoms with Gasteiger partial charge in [-0.2, -0.15) is 0 Å². The van der Waals surface area contributed by atoms with Gasteiger partial charge in [0.1, 0.15) is 12.2 Å². The highest BCUT2D eigenvalue weighted by atomic mass is 16.4. The van der Waals surface area contributed by atoms with E-state index in [2.05, 4.69) is 6.92 Å². The lowest BCUT2D eigenvalue weighted by Gasteiger charge is -2.32. The van der Waals surface area contributed by atoms with Crippen LogP contribution in [0.25, 0.3) is 0 Å². The third kappa shape index (κ3) is 3.65. The van der Waals surface area contributed by atoms with E-state index in [-0.39, 0.29) is 18.1 Å². The van der Waals surface area contributed by atoms with Crippen molar-refractivity contribution in [3.63, 3.8) is 0 Å².